The normalized spacial score (nSPS) is 22.8. The third-order valence-corrected chi connectivity index (χ3v) is 15.4. The van der Waals surface area contributed by atoms with Crippen LogP contribution < -0.4 is 28.7 Å². The number of Topliss-reactive ketones (excluding diaryl/α,β-unsaturated/α-hetero) is 1. The van der Waals surface area contributed by atoms with Crippen molar-refractivity contribution in [1.82, 2.24) is 24.5 Å². The van der Waals surface area contributed by atoms with Crippen LogP contribution in [0.1, 0.15) is 172 Å². The Morgan fingerprint density at radius 2 is 0.694 bits per heavy atom. The molecule has 10 amide bonds. The van der Waals surface area contributed by atoms with Gasteiger partial charge in [-0.2, -0.15) is 0 Å². The molecule has 0 spiro atoms. The van der Waals surface area contributed by atoms with Crippen LogP contribution in [0, 0.1) is 29.6 Å². The molecule has 85 heavy (non-hydrogen) atoms. The fourth-order valence-corrected chi connectivity index (χ4v) is 11.8. The summed E-state index contributed by atoms with van der Waals surface area (Å²) in [7, 11) is 0. The number of aliphatic hydroxyl groups excluding tert-OH is 2. The second-order valence-electron chi connectivity index (χ2n) is 23.1. The average Bonchev–Trinajstić information content (AvgIpc) is 4.28. The monoisotopic (exact) mass is 1210 g/mol. The molecule has 5 heterocycles. The van der Waals surface area contributed by atoms with E-state index >= 15 is 0 Å². The Morgan fingerprint density at radius 3 is 0.941 bits per heavy atom. The number of carbonyl (C=O) groups is 13. The molecule has 0 aromatic heterocycles. The summed E-state index contributed by atoms with van der Waals surface area (Å²) in [5, 5.41) is 18.5. The molecule has 4 unspecified atom stereocenters. The molecule has 0 aromatic carbocycles. The lowest BCUT2D eigenvalue weighted by Gasteiger charge is -2.24. The van der Waals surface area contributed by atoms with Gasteiger partial charge in [0.15, 0.2) is 0 Å². The van der Waals surface area contributed by atoms with E-state index in [0.717, 1.165) is 0 Å². The molecule has 5 fully saturated rings. The summed E-state index contributed by atoms with van der Waals surface area (Å²) in [6.07, 6.45) is 6.42. The number of amides is 10. The van der Waals surface area contributed by atoms with E-state index in [1.807, 2.05) is 34.6 Å². The van der Waals surface area contributed by atoms with Crippen molar-refractivity contribution in [1.29, 1.82) is 0 Å². The number of nitrogens with zero attached hydrogens (tertiary/aromatic N) is 5. The summed E-state index contributed by atoms with van der Waals surface area (Å²) >= 11 is 0. The third kappa shape index (κ3) is 26.2. The third-order valence-electron chi connectivity index (χ3n) is 15.4. The maximum absolute atomic E-state index is 11.9. The Kier molecular flexibility index (Phi) is 33.7. The van der Waals surface area contributed by atoms with Crippen molar-refractivity contribution in [3.05, 3.63) is 0 Å². The fourth-order valence-electron chi connectivity index (χ4n) is 11.8. The van der Waals surface area contributed by atoms with Gasteiger partial charge in [-0.3, -0.25) is 57.5 Å². The Hall–Kier alpha value is -6.77. The van der Waals surface area contributed by atoms with Crippen LogP contribution in [0.4, 0.5) is 0 Å². The van der Waals surface area contributed by atoms with E-state index in [0.29, 0.717) is 136 Å². The molecule has 12 N–H and O–H groups in total. The zero-order valence-corrected chi connectivity index (χ0v) is 52.0. The predicted molar refractivity (Wildman–Crippen MR) is 310 cm³/mol. The Labute approximate surface area is 500 Å². The van der Waals surface area contributed by atoms with Crippen LogP contribution in [-0.4, -0.2) is 199 Å². The molecule has 5 aliphatic rings. The van der Waals surface area contributed by atoms with Gasteiger partial charge in [0.2, 0.25) is 59.1 Å². The lowest BCUT2D eigenvalue weighted by molar-refractivity contribution is -0.146. The number of hydrogen-bond donors (Lipinski definition) is 7. The van der Waals surface area contributed by atoms with Crippen molar-refractivity contribution < 1.29 is 82.0 Å². The molecule has 5 rings (SSSR count). The van der Waals surface area contributed by atoms with Crippen molar-refractivity contribution in [2.45, 2.75) is 221 Å². The van der Waals surface area contributed by atoms with Crippen molar-refractivity contribution in [2.75, 3.05) is 39.3 Å². The van der Waals surface area contributed by atoms with Gasteiger partial charge in [0.05, 0.1) is 24.9 Å². The lowest BCUT2D eigenvalue weighted by Crippen LogP contribution is -2.45. The molecule has 0 aromatic rings. The van der Waals surface area contributed by atoms with Gasteiger partial charge in [-0.05, 0) is 115 Å². The average molecular weight is 1210 g/mol. The van der Waals surface area contributed by atoms with Gasteiger partial charge >= 0.3 is 11.9 Å². The van der Waals surface area contributed by atoms with Crippen LogP contribution >= 0.6 is 0 Å². The highest BCUT2D eigenvalue weighted by Gasteiger charge is 2.41. The molecule has 27 nitrogen and oxygen atoms in total. The highest BCUT2D eigenvalue weighted by atomic mass is 16.5. The first-order chi connectivity index (χ1) is 39.7. The summed E-state index contributed by atoms with van der Waals surface area (Å²) in [6, 6.07) is -2.56. The first-order valence-corrected chi connectivity index (χ1v) is 29.8. The maximum Gasteiger partial charge on any atom is 0.302 e. The van der Waals surface area contributed by atoms with E-state index in [-0.39, 0.29) is 83.0 Å². The molecule has 13 atom stereocenters. The quantitative estimate of drug-likeness (QED) is 0.0544. The summed E-state index contributed by atoms with van der Waals surface area (Å²) in [5.74, 6) is -2.55. The topological polar surface area (TPSA) is 427 Å². The summed E-state index contributed by atoms with van der Waals surface area (Å²) in [4.78, 5) is 155. The largest absolute Gasteiger partial charge is 0.466 e. The van der Waals surface area contributed by atoms with Gasteiger partial charge in [0, 0.05) is 85.1 Å². The number of aliphatic hydroxyl groups is 2. The fraction of sp³-hybridized carbons (Fsp3) is 0.776. The Morgan fingerprint density at radius 1 is 0.435 bits per heavy atom. The maximum atomic E-state index is 11.9. The molecule has 484 valence electrons. The number of ether oxygens (including phenoxy) is 2. The van der Waals surface area contributed by atoms with E-state index in [2.05, 4.69) is 0 Å². The van der Waals surface area contributed by atoms with E-state index in [1.165, 1.54) is 25.7 Å². The minimum atomic E-state index is -0.526. The van der Waals surface area contributed by atoms with Gasteiger partial charge in [-0.1, -0.05) is 34.6 Å². The second-order valence-corrected chi connectivity index (χ2v) is 23.1. The predicted octanol–water partition coefficient (Wildman–Crippen LogP) is 0.310. The van der Waals surface area contributed by atoms with Crippen LogP contribution in [-0.2, 0) is 71.8 Å². The Balaban J connectivity index is 0.000000532. The molecule has 5 aliphatic heterocycles. The second kappa shape index (κ2) is 37.6. The van der Waals surface area contributed by atoms with E-state index in [1.54, 1.807) is 40.4 Å². The minimum Gasteiger partial charge on any atom is -0.466 e. The van der Waals surface area contributed by atoms with Crippen molar-refractivity contribution >= 4 is 76.8 Å². The molecule has 0 bridgehead atoms. The van der Waals surface area contributed by atoms with Crippen LogP contribution in [0.25, 0.3) is 0 Å². The molecule has 0 aliphatic carbocycles. The summed E-state index contributed by atoms with van der Waals surface area (Å²) in [5.41, 5.74) is 26.3. The number of ketones is 1. The van der Waals surface area contributed by atoms with Crippen molar-refractivity contribution in [2.24, 2.45) is 58.3 Å². The number of carbonyl (C=O) groups excluding carboxylic acids is 13. The molecule has 5 saturated heterocycles. The zero-order chi connectivity index (χ0) is 65.2. The molecular weight excluding hydrogens is 1110 g/mol. The van der Waals surface area contributed by atoms with Gasteiger partial charge < -0.3 is 77.6 Å². The van der Waals surface area contributed by atoms with Gasteiger partial charge in [-0.25, -0.2) is 0 Å². The summed E-state index contributed by atoms with van der Waals surface area (Å²) < 4.78 is 9.90. The Bertz CT molecular complexity index is 2250. The SMILES string of the molecule is CCC(C(N)=O)N1C[C@H](CC(C)O)CC1=O.CC[C@@H](C(N)=O)N1C[C@H](CC(C)=O)CC1=O.CC[C@@H](C(N)=O)N1C[C@H](CC(C)O)CC1=O.CC[C@@H](C(N)=O)N1C[C@H](CC(C)OC(C)=O)CC1=O.CC[C@@H](C(N)=O)N1C[C@H](CCOC(C)=O)CC1=O. The smallest absolute Gasteiger partial charge is 0.302 e. The van der Waals surface area contributed by atoms with Crippen LogP contribution in [0.5, 0.6) is 0 Å². The molecule has 0 saturated carbocycles. The first kappa shape index (κ1) is 76.2. The van der Waals surface area contributed by atoms with Gasteiger partial charge in [0.25, 0.3) is 0 Å². The standard InChI is InChI=1S/C13H22N2O4.C12H20N2O4.2C11H20N2O3.C11H18N2O3/c1-4-11(13(14)18)15-7-10(6-12(15)17)5-8(2)19-9(3)16;1-3-10(12(13)17)14-7-9(6-11(14)16)4-5-18-8(2)15;3*1-3-9(11(12)16)13-6-8(4-7(2)14)5-10(13)15/h8,10-11H,4-7H2,1-3H3,(H2,14,18);9-10H,3-7H2,1-2H3,(H2,13,17);2*7-9,14H,3-6H2,1-2H3,(H2,12,16);8-9H,3-6H2,1-2H3,(H2,12,16)/t8?,10-,11+;9-,10+;7?,8-,9?;7?,8-,9+;8-,9+/m11111/s1. The first-order valence-electron chi connectivity index (χ1n) is 29.8. The van der Waals surface area contributed by atoms with Crippen LogP contribution in [0.2, 0.25) is 0 Å². The minimum absolute atomic E-state index is 0.0312. The lowest BCUT2D eigenvalue weighted by atomic mass is 10.0. The van der Waals surface area contributed by atoms with Crippen molar-refractivity contribution in [3.8, 4) is 0 Å². The number of primary amides is 5. The van der Waals surface area contributed by atoms with E-state index in [4.69, 9.17) is 38.1 Å². The number of rotatable bonds is 27. The number of likely N-dealkylation sites (tertiary alicyclic amines) is 5. The molecule has 0 radical (unpaired) electrons. The summed E-state index contributed by atoms with van der Waals surface area (Å²) in [6.45, 7) is 21.5. The van der Waals surface area contributed by atoms with Gasteiger partial charge in [0.1, 0.15) is 36.0 Å². The van der Waals surface area contributed by atoms with Gasteiger partial charge in [-0.15, -0.1) is 0 Å². The number of hydrogen-bond acceptors (Lipinski definition) is 17. The highest BCUT2D eigenvalue weighted by Crippen LogP contribution is 2.29. The van der Waals surface area contributed by atoms with Crippen LogP contribution in [0.3, 0.4) is 0 Å². The van der Waals surface area contributed by atoms with E-state index in [9.17, 15) is 72.5 Å². The van der Waals surface area contributed by atoms with E-state index < -0.39 is 72.0 Å². The van der Waals surface area contributed by atoms with Crippen molar-refractivity contribution in [3.63, 3.8) is 0 Å². The highest BCUT2D eigenvalue weighted by molar-refractivity contribution is 5.91. The zero-order valence-electron chi connectivity index (χ0n) is 52.0. The number of esters is 2. The molecular formula is C58H100N10O17. The number of nitrogens with two attached hydrogens (primary N) is 5. The molecule has 27 heteroatoms. The van der Waals surface area contributed by atoms with Crippen LogP contribution in [0.15, 0.2) is 0 Å².